The molecule has 0 atom stereocenters. The zero-order valence-corrected chi connectivity index (χ0v) is 15.1. The van der Waals surface area contributed by atoms with Crippen LogP contribution < -0.4 is 17.2 Å². The van der Waals surface area contributed by atoms with Crippen molar-refractivity contribution in [3.63, 3.8) is 0 Å². The molecular weight excluding hydrogens is 274 g/mol. The van der Waals surface area contributed by atoms with Gasteiger partial charge in [-0.1, -0.05) is 103 Å². The van der Waals surface area contributed by atoms with E-state index < -0.39 is 0 Å². The second-order valence-electron chi connectivity index (χ2n) is 6.21. The average Bonchev–Trinajstić information content (AvgIpc) is 2.56. The number of rotatable bonds is 17. The topological polar surface area (TPSA) is 84.3 Å². The van der Waals surface area contributed by atoms with E-state index in [4.69, 9.17) is 5.21 Å². The molecule has 0 heterocycles. The normalized spacial score (nSPS) is 10.4. The first-order chi connectivity index (χ1) is 10.9. The van der Waals surface area contributed by atoms with Crippen LogP contribution in [0.25, 0.3) is 0 Å². The Labute approximate surface area is 139 Å². The predicted octanol–water partition coefficient (Wildman–Crippen LogP) is 5.05. The van der Waals surface area contributed by atoms with Crippen molar-refractivity contribution in [3.8, 4) is 0 Å². The fraction of sp³-hybridized carbons (Fsp3) is 1.00. The van der Waals surface area contributed by atoms with Crippen LogP contribution in [0.5, 0.6) is 0 Å². The van der Waals surface area contributed by atoms with Crippen LogP contribution in [0.3, 0.4) is 0 Å². The summed E-state index contributed by atoms with van der Waals surface area (Å²) in [7, 11) is 0. The second-order valence-corrected chi connectivity index (χ2v) is 6.21. The molecule has 0 aliphatic carbocycles. The quantitative estimate of drug-likeness (QED) is 0.172. The molecule has 6 N–H and O–H groups in total. The zero-order chi connectivity index (χ0) is 16.7. The van der Waals surface area contributed by atoms with Gasteiger partial charge in [0.15, 0.2) is 0 Å². The summed E-state index contributed by atoms with van der Waals surface area (Å²) in [5.74, 6) is 8.00. The highest BCUT2D eigenvalue weighted by atomic mass is 16.5. The Kier molecular flexibility index (Phi) is 28.2. The molecule has 0 amide bonds. The Morgan fingerprint density at radius 1 is 0.545 bits per heavy atom. The Bertz CT molecular complexity index is 150. The maximum atomic E-state index is 8.43. The molecule has 0 rings (SSSR count). The number of hydroxylamine groups is 1. The molecule has 0 aliphatic rings. The van der Waals surface area contributed by atoms with E-state index >= 15 is 0 Å². The SMILES string of the molecule is CCCCCCCCCCCCCCCCCCNO.NN. The van der Waals surface area contributed by atoms with Crippen LogP contribution in [0.2, 0.25) is 0 Å². The van der Waals surface area contributed by atoms with Crippen molar-refractivity contribution < 1.29 is 5.21 Å². The smallest absolute Gasteiger partial charge is 0.0207 e. The lowest BCUT2D eigenvalue weighted by molar-refractivity contribution is 0.164. The molecule has 0 unspecified atom stereocenters. The van der Waals surface area contributed by atoms with Crippen molar-refractivity contribution >= 4 is 0 Å². The maximum Gasteiger partial charge on any atom is 0.0207 e. The van der Waals surface area contributed by atoms with Crippen LogP contribution in [0.15, 0.2) is 0 Å². The van der Waals surface area contributed by atoms with E-state index in [2.05, 4.69) is 24.1 Å². The van der Waals surface area contributed by atoms with Gasteiger partial charge < -0.3 is 5.21 Å². The average molecular weight is 318 g/mol. The molecule has 4 nitrogen and oxygen atoms in total. The number of unbranched alkanes of at least 4 members (excludes halogenated alkanes) is 15. The Morgan fingerprint density at radius 2 is 0.818 bits per heavy atom. The fourth-order valence-corrected chi connectivity index (χ4v) is 2.75. The minimum atomic E-state index is 0.748. The number of nitrogens with one attached hydrogen (secondary N) is 1. The number of hydrogen-bond acceptors (Lipinski definition) is 4. The third-order valence-electron chi connectivity index (χ3n) is 4.14. The van der Waals surface area contributed by atoms with Crippen LogP contribution in [-0.4, -0.2) is 11.8 Å². The van der Waals surface area contributed by atoms with Crippen LogP contribution in [0, 0.1) is 0 Å². The van der Waals surface area contributed by atoms with Gasteiger partial charge in [-0.15, -0.1) is 0 Å². The van der Waals surface area contributed by atoms with Crippen molar-refractivity contribution in [1.29, 1.82) is 0 Å². The van der Waals surface area contributed by atoms with Crippen LogP contribution in [-0.2, 0) is 0 Å². The van der Waals surface area contributed by atoms with Gasteiger partial charge in [0.2, 0.25) is 0 Å². The summed E-state index contributed by atoms with van der Waals surface area (Å²) >= 11 is 0. The standard InChI is InChI=1S/C18H39NO.H4N2/c1-2-3-4-5-6-7-8-9-10-11-12-13-14-15-16-17-18-19-20;1-2/h19-20H,2-18H2,1H3;1-2H2. The first-order valence-corrected chi connectivity index (χ1v) is 9.62. The van der Waals surface area contributed by atoms with Gasteiger partial charge in [0.25, 0.3) is 0 Å². The molecule has 0 aliphatic heterocycles. The summed E-state index contributed by atoms with van der Waals surface area (Å²) in [5.41, 5.74) is 2.22. The molecule has 0 aromatic carbocycles. The van der Waals surface area contributed by atoms with Gasteiger partial charge in [0, 0.05) is 6.54 Å². The zero-order valence-electron chi connectivity index (χ0n) is 15.1. The van der Waals surface area contributed by atoms with E-state index in [9.17, 15) is 0 Å². The van der Waals surface area contributed by atoms with Gasteiger partial charge in [-0.2, -0.15) is 0 Å². The Hall–Kier alpha value is -0.160. The molecule has 0 fully saturated rings. The summed E-state index contributed by atoms with van der Waals surface area (Å²) < 4.78 is 0. The molecule has 0 spiro atoms. The lowest BCUT2D eigenvalue weighted by Crippen LogP contribution is -2.07. The van der Waals surface area contributed by atoms with E-state index in [1.54, 1.807) is 0 Å². The lowest BCUT2D eigenvalue weighted by atomic mass is 10.0. The molecule has 0 aromatic heterocycles. The molecule has 0 saturated heterocycles. The molecule has 0 aromatic rings. The minimum absolute atomic E-state index is 0.748. The largest absolute Gasteiger partial charge is 0.317 e. The maximum absolute atomic E-state index is 8.43. The highest BCUT2D eigenvalue weighted by Gasteiger charge is 1.94. The van der Waals surface area contributed by atoms with E-state index in [1.807, 2.05) is 0 Å². The molecule has 0 radical (unpaired) electrons. The van der Waals surface area contributed by atoms with Crippen LogP contribution in [0.4, 0.5) is 0 Å². The van der Waals surface area contributed by atoms with E-state index in [-0.39, 0.29) is 0 Å². The number of hydrazine groups is 1. The summed E-state index contributed by atoms with van der Waals surface area (Å²) in [6.45, 7) is 3.03. The Morgan fingerprint density at radius 3 is 1.09 bits per heavy atom. The minimum Gasteiger partial charge on any atom is -0.317 e. The lowest BCUT2D eigenvalue weighted by Gasteiger charge is -2.03. The molecular formula is C18H43N3O. The number of nitrogens with two attached hydrogens (primary N) is 2. The van der Waals surface area contributed by atoms with Crippen molar-refractivity contribution in [3.05, 3.63) is 0 Å². The Balaban J connectivity index is 0. The fourth-order valence-electron chi connectivity index (χ4n) is 2.75. The number of hydrogen-bond donors (Lipinski definition) is 4. The summed E-state index contributed by atoms with van der Waals surface area (Å²) in [6, 6.07) is 0. The van der Waals surface area contributed by atoms with Crippen molar-refractivity contribution in [2.24, 2.45) is 11.7 Å². The van der Waals surface area contributed by atoms with Gasteiger partial charge in [-0.3, -0.25) is 11.7 Å². The third-order valence-corrected chi connectivity index (χ3v) is 4.14. The summed E-state index contributed by atoms with van der Waals surface area (Å²) in [6.07, 6.45) is 22.3. The molecule has 136 valence electrons. The molecule has 0 saturated carbocycles. The van der Waals surface area contributed by atoms with Crippen molar-refractivity contribution in [2.45, 2.75) is 110 Å². The molecule has 0 bridgehead atoms. The van der Waals surface area contributed by atoms with Gasteiger partial charge in [-0.25, -0.2) is 5.48 Å². The van der Waals surface area contributed by atoms with Gasteiger partial charge >= 0.3 is 0 Å². The van der Waals surface area contributed by atoms with Gasteiger partial charge in [-0.05, 0) is 6.42 Å². The van der Waals surface area contributed by atoms with E-state index in [0.717, 1.165) is 13.0 Å². The van der Waals surface area contributed by atoms with Crippen LogP contribution in [0.1, 0.15) is 110 Å². The van der Waals surface area contributed by atoms with Crippen molar-refractivity contribution in [2.75, 3.05) is 6.54 Å². The van der Waals surface area contributed by atoms with Crippen molar-refractivity contribution in [1.82, 2.24) is 5.48 Å². The van der Waals surface area contributed by atoms with Gasteiger partial charge in [0.1, 0.15) is 0 Å². The highest BCUT2D eigenvalue weighted by molar-refractivity contribution is 4.50. The monoisotopic (exact) mass is 317 g/mol. The summed E-state index contributed by atoms with van der Waals surface area (Å²) in [5, 5.41) is 8.43. The van der Waals surface area contributed by atoms with E-state index in [0.29, 0.717) is 0 Å². The van der Waals surface area contributed by atoms with Gasteiger partial charge in [0.05, 0.1) is 0 Å². The highest BCUT2D eigenvalue weighted by Crippen LogP contribution is 2.13. The first-order valence-electron chi connectivity index (χ1n) is 9.62. The third kappa shape index (κ3) is 24.8. The van der Waals surface area contributed by atoms with E-state index in [1.165, 1.54) is 96.3 Å². The first kappa shape index (κ1) is 24.1. The molecule has 22 heavy (non-hydrogen) atoms. The predicted molar refractivity (Wildman–Crippen MR) is 97.7 cm³/mol. The second kappa shape index (κ2) is 25.8. The molecule has 4 heteroatoms. The van der Waals surface area contributed by atoms with Crippen LogP contribution >= 0.6 is 0 Å². The summed E-state index contributed by atoms with van der Waals surface area (Å²) in [4.78, 5) is 0.